The lowest BCUT2D eigenvalue weighted by Crippen LogP contribution is -2.04. The van der Waals surface area contributed by atoms with E-state index in [-0.39, 0.29) is 6.61 Å². The molecule has 0 saturated carbocycles. The average molecular weight is 337 g/mol. The quantitative estimate of drug-likeness (QED) is 0.304. The smallest absolute Gasteiger partial charge is 0.366 e. The summed E-state index contributed by atoms with van der Waals surface area (Å²) in [6, 6.07) is 0. The van der Waals surface area contributed by atoms with Crippen LogP contribution in [0.3, 0.4) is 0 Å². The zero-order valence-electron chi connectivity index (χ0n) is 13.6. The molecule has 22 heavy (non-hydrogen) atoms. The third-order valence-electron chi connectivity index (χ3n) is 2.93. The number of nitrogens with two attached hydrogens (primary N) is 1. The first-order chi connectivity index (χ1) is 10.3. The fraction of sp³-hybridized carbons (Fsp3) is 0.800. The van der Waals surface area contributed by atoms with E-state index in [9.17, 15) is 13.2 Å². The van der Waals surface area contributed by atoms with Crippen LogP contribution in [-0.4, -0.2) is 25.5 Å². The molecule has 0 spiro atoms. The second-order valence-electron chi connectivity index (χ2n) is 5.04. The maximum absolute atomic E-state index is 10.2. The number of unbranched alkanes of at least 4 members (excludes halogenated alkanes) is 9. The van der Waals surface area contributed by atoms with Gasteiger partial charge >= 0.3 is 10.4 Å². The van der Waals surface area contributed by atoms with Crippen LogP contribution >= 0.6 is 0 Å². The SMILES string of the molecule is C=CC(N)=O.CCCCCCCCCCCCOS(=O)(=O)O. The van der Waals surface area contributed by atoms with Gasteiger partial charge in [0.1, 0.15) is 0 Å². The van der Waals surface area contributed by atoms with Crippen molar-refractivity contribution in [3.05, 3.63) is 12.7 Å². The summed E-state index contributed by atoms with van der Waals surface area (Å²) < 4.78 is 33.0. The number of amides is 1. The molecule has 0 aliphatic carbocycles. The Morgan fingerprint density at radius 3 is 1.73 bits per heavy atom. The summed E-state index contributed by atoms with van der Waals surface area (Å²) in [5, 5.41) is 0. The summed E-state index contributed by atoms with van der Waals surface area (Å²) in [6.07, 6.45) is 12.9. The zero-order chi connectivity index (χ0) is 17.3. The molecule has 0 unspecified atom stereocenters. The van der Waals surface area contributed by atoms with Crippen LogP contribution in [0, 0.1) is 0 Å². The van der Waals surface area contributed by atoms with E-state index in [1.54, 1.807) is 0 Å². The van der Waals surface area contributed by atoms with Crippen molar-refractivity contribution in [1.29, 1.82) is 0 Å². The molecule has 0 aromatic carbocycles. The van der Waals surface area contributed by atoms with Crippen molar-refractivity contribution in [3.63, 3.8) is 0 Å². The largest absolute Gasteiger partial charge is 0.397 e. The first kappa shape index (κ1) is 23.3. The molecule has 0 bridgehead atoms. The highest BCUT2D eigenvalue weighted by Gasteiger charge is 2.02. The van der Waals surface area contributed by atoms with Gasteiger partial charge in [-0.1, -0.05) is 71.3 Å². The topological polar surface area (TPSA) is 107 Å². The van der Waals surface area contributed by atoms with Crippen LogP contribution in [0.5, 0.6) is 0 Å². The molecule has 0 atom stereocenters. The molecule has 0 aliphatic rings. The molecule has 0 saturated heterocycles. The molecule has 7 heteroatoms. The monoisotopic (exact) mass is 337 g/mol. The summed E-state index contributed by atoms with van der Waals surface area (Å²) in [5.41, 5.74) is 4.53. The molecule has 0 heterocycles. The van der Waals surface area contributed by atoms with Crippen molar-refractivity contribution in [2.24, 2.45) is 5.73 Å². The average Bonchev–Trinajstić information content (AvgIpc) is 2.44. The summed E-state index contributed by atoms with van der Waals surface area (Å²) in [5.74, 6) is -0.481. The van der Waals surface area contributed by atoms with E-state index >= 15 is 0 Å². The highest BCUT2D eigenvalue weighted by Crippen LogP contribution is 2.10. The van der Waals surface area contributed by atoms with Crippen LogP contribution in [0.4, 0.5) is 0 Å². The summed E-state index contributed by atoms with van der Waals surface area (Å²) in [7, 11) is -4.23. The Hall–Kier alpha value is -0.920. The second kappa shape index (κ2) is 16.5. The van der Waals surface area contributed by atoms with E-state index in [1.807, 2.05) is 0 Å². The minimum absolute atomic E-state index is 0.0926. The van der Waals surface area contributed by atoms with Crippen molar-refractivity contribution in [2.45, 2.75) is 71.1 Å². The molecule has 0 rings (SSSR count). The summed E-state index contributed by atoms with van der Waals surface area (Å²) in [4.78, 5) is 9.47. The molecule has 0 aromatic rings. The Kier molecular flexibility index (Phi) is 17.5. The van der Waals surface area contributed by atoms with Crippen LogP contribution in [0.25, 0.3) is 0 Å². The van der Waals surface area contributed by atoms with E-state index in [0.29, 0.717) is 6.42 Å². The van der Waals surface area contributed by atoms with E-state index in [0.717, 1.165) is 18.9 Å². The van der Waals surface area contributed by atoms with E-state index in [1.165, 1.54) is 44.9 Å². The normalized spacial score (nSPS) is 10.6. The summed E-state index contributed by atoms with van der Waals surface area (Å²) in [6.45, 7) is 5.40. The van der Waals surface area contributed by atoms with Gasteiger partial charge in [-0.3, -0.25) is 9.35 Å². The molecule has 0 fully saturated rings. The Balaban J connectivity index is 0. The van der Waals surface area contributed by atoms with E-state index < -0.39 is 16.3 Å². The van der Waals surface area contributed by atoms with Crippen LogP contribution in [0.1, 0.15) is 71.1 Å². The first-order valence-corrected chi connectivity index (χ1v) is 9.23. The number of hydrogen-bond acceptors (Lipinski definition) is 4. The van der Waals surface area contributed by atoms with Crippen molar-refractivity contribution >= 4 is 16.3 Å². The Bertz CT molecular complexity index is 368. The minimum atomic E-state index is -4.23. The van der Waals surface area contributed by atoms with Gasteiger partial charge in [0.15, 0.2) is 0 Å². The number of primary amides is 1. The Labute approximate surface area is 135 Å². The van der Waals surface area contributed by atoms with Crippen LogP contribution < -0.4 is 5.73 Å². The van der Waals surface area contributed by atoms with Crippen molar-refractivity contribution in [3.8, 4) is 0 Å². The van der Waals surface area contributed by atoms with Gasteiger partial charge in [-0.15, -0.1) is 0 Å². The molecule has 1 amide bonds. The number of rotatable bonds is 13. The predicted molar refractivity (Wildman–Crippen MR) is 88.7 cm³/mol. The fourth-order valence-electron chi connectivity index (χ4n) is 1.75. The van der Waals surface area contributed by atoms with Crippen molar-refractivity contribution in [2.75, 3.05) is 6.61 Å². The molecular weight excluding hydrogens is 306 g/mol. The third-order valence-corrected chi connectivity index (χ3v) is 3.40. The predicted octanol–water partition coefficient (Wildman–Crippen LogP) is 3.38. The van der Waals surface area contributed by atoms with E-state index in [2.05, 4.69) is 23.4 Å². The molecule has 3 N–H and O–H groups in total. The van der Waals surface area contributed by atoms with Crippen LogP contribution in [0.2, 0.25) is 0 Å². The number of hydrogen-bond donors (Lipinski definition) is 2. The van der Waals surface area contributed by atoms with Gasteiger partial charge < -0.3 is 5.73 Å². The lowest BCUT2D eigenvalue weighted by atomic mass is 10.1. The van der Waals surface area contributed by atoms with Crippen molar-refractivity contribution in [1.82, 2.24) is 0 Å². The zero-order valence-corrected chi connectivity index (χ0v) is 14.4. The lowest BCUT2D eigenvalue weighted by Gasteiger charge is -2.02. The van der Waals surface area contributed by atoms with Gasteiger partial charge in [-0.2, -0.15) is 8.42 Å². The lowest BCUT2D eigenvalue weighted by molar-refractivity contribution is -0.113. The molecule has 132 valence electrons. The van der Waals surface area contributed by atoms with E-state index in [4.69, 9.17) is 4.55 Å². The minimum Gasteiger partial charge on any atom is -0.366 e. The van der Waals surface area contributed by atoms with Crippen molar-refractivity contribution < 1.29 is 21.9 Å². The molecular formula is C15H31NO5S. The third kappa shape index (κ3) is 27.4. The van der Waals surface area contributed by atoms with Gasteiger partial charge in [0.05, 0.1) is 6.61 Å². The molecule has 0 aliphatic heterocycles. The van der Waals surface area contributed by atoms with Gasteiger partial charge in [-0.05, 0) is 12.5 Å². The highest BCUT2D eigenvalue weighted by molar-refractivity contribution is 7.80. The summed E-state index contributed by atoms with van der Waals surface area (Å²) >= 11 is 0. The fourth-order valence-corrected chi connectivity index (χ4v) is 2.08. The standard InChI is InChI=1S/C12H26O4S.C3H5NO/c1-2-3-4-5-6-7-8-9-10-11-12-16-17(13,14)15;1-2-3(4)5/h2-12H2,1H3,(H,13,14,15);2H,1H2,(H2,4,5). The maximum Gasteiger partial charge on any atom is 0.397 e. The second-order valence-corrected chi connectivity index (χ2v) is 6.13. The highest BCUT2D eigenvalue weighted by atomic mass is 32.3. The maximum atomic E-state index is 10.2. The van der Waals surface area contributed by atoms with Crippen LogP contribution in [0.15, 0.2) is 12.7 Å². The number of carbonyl (C=O) groups excluding carboxylic acids is 1. The Morgan fingerprint density at radius 2 is 1.41 bits per heavy atom. The van der Waals surface area contributed by atoms with Gasteiger partial charge in [0.2, 0.25) is 5.91 Å². The van der Waals surface area contributed by atoms with Gasteiger partial charge in [0.25, 0.3) is 0 Å². The number of carbonyl (C=O) groups is 1. The molecule has 6 nitrogen and oxygen atoms in total. The van der Waals surface area contributed by atoms with Crippen LogP contribution in [-0.2, 0) is 19.4 Å². The van der Waals surface area contributed by atoms with Gasteiger partial charge in [-0.25, -0.2) is 4.18 Å². The van der Waals surface area contributed by atoms with Gasteiger partial charge in [0, 0.05) is 0 Å². The molecule has 0 aromatic heterocycles. The Morgan fingerprint density at radius 1 is 1.05 bits per heavy atom. The first-order valence-electron chi connectivity index (χ1n) is 7.87. The molecule has 0 radical (unpaired) electrons.